The number of nitriles is 1. The van der Waals surface area contributed by atoms with Gasteiger partial charge in [-0.1, -0.05) is 64.0 Å². The lowest BCUT2D eigenvalue weighted by Gasteiger charge is -2.19. The van der Waals surface area contributed by atoms with Crippen LogP contribution in [0.4, 0.5) is 0 Å². The lowest BCUT2D eigenvalue weighted by Crippen LogP contribution is -2.19. The van der Waals surface area contributed by atoms with E-state index in [0.29, 0.717) is 10.0 Å². The van der Waals surface area contributed by atoms with Gasteiger partial charge in [0.2, 0.25) is 0 Å². The molecule has 0 aliphatic carbocycles. The number of rotatable bonds is 2. The number of halogens is 2. The minimum Gasteiger partial charge on any atom is -0.239 e. The second-order valence-corrected chi connectivity index (χ2v) is 6.78. The summed E-state index contributed by atoms with van der Waals surface area (Å²) in [5.74, 6) is -0.523. The normalized spacial score (nSPS) is 17.3. The van der Waals surface area contributed by atoms with Crippen LogP contribution in [0.15, 0.2) is 64.1 Å². The van der Waals surface area contributed by atoms with E-state index in [1.807, 2.05) is 42.5 Å². The van der Waals surface area contributed by atoms with Crippen molar-refractivity contribution in [3.05, 3.63) is 75.2 Å². The molecule has 2 nitrogen and oxygen atoms in total. The molecule has 0 unspecified atom stereocenters. The van der Waals surface area contributed by atoms with Crippen molar-refractivity contribution in [1.29, 1.82) is 5.26 Å². The van der Waals surface area contributed by atoms with Crippen LogP contribution in [0.1, 0.15) is 11.1 Å². The molecule has 23 heavy (non-hydrogen) atoms. The third-order valence-corrected chi connectivity index (χ3v) is 4.64. The second-order valence-electron chi connectivity index (χ2n) is 5.01. The van der Waals surface area contributed by atoms with Crippen molar-refractivity contribution in [1.82, 2.24) is 0 Å². The molecule has 1 heterocycles. The molecular weight excluding hydrogens is 392 g/mol. The summed E-state index contributed by atoms with van der Waals surface area (Å²) in [6, 6.07) is 17.5. The van der Waals surface area contributed by atoms with Crippen molar-refractivity contribution in [3.8, 4) is 6.07 Å². The monoisotopic (exact) mass is 400 g/mol. The van der Waals surface area contributed by atoms with Gasteiger partial charge in [-0.15, -0.1) is 0 Å². The summed E-state index contributed by atoms with van der Waals surface area (Å²) < 4.78 is 0.997. The molecule has 0 radical (unpaired) electrons. The predicted octanol–water partition coefficient (Wildman–Crippen LogP) is 5.46. The van der Waals surface area contributed by atoms with Gasteiger partial charge >= 0.3 is 0 Å². The van der Waals surface area contributed by atoms with Crippen molar-refractivity contribution >= 4 is 56.0 Å². The van der Waals surface area contributed by atoms with Gasteiger partial charge in [0.25, 0.3) is 0 Å². The smallest absolute Gasteiger partial charge is 0.125 e. The zero-order valence-electron chi connectivity index (χ0n) is 11.8. The van der Waals surface area contributed by atoms with Gasteiger partial charge in [0.1, 0.15) is 10.9 Å². The Morgan fingerprint density at radius 1 is 1.04 bits per heavy atom. The first kappa shape index (κ1) is 16.1. The summed E-state index contributed by atoms with van der Waals surface area (Å²) in [7, 11) is 0. The quantitative estimate of drug-likeness (QED) is 0.627. The number of hydrogen-bond acceptors (Lipinski definition) is 2. The van der Waals surface area contributed by atoms with E-state index in [9.17, 15) is 5.26 Å². The number of allylic oxidation sites excluding steroid dienone is 1. The molecule has 0 bridgehead atoms. The topological polar surface area (TPSA) is 36.1 Å². The summed E-state index contributed by atoms with van der Waals surface area (Å²) in [5.41, 5.74) is 3.49. The number of dihydropyridines is 1. The number of aliphatic imine (C=N–C) groups is 1. The van der Waals surface area contributed by atoms with E-state index in [1.54, 1.807) is 12.1 Å². The van der Waals surface area contributed by atoms with Gasteiger partial charge in [-0.05, 0) is 41.5 Å². The second kappa shape index (κ2) is 6.76. The highest BCUT2D eigenvalue weighted by Crippen LogP contribution is 2.30. The van der Waals surface area contributed by atoms with Gasteiger partial charge in [-0.25, -0.2) is 4.99 Å². The Kier molecular flexibility index (Phi) is 4.72. The lowest BCUT2D eigenvalue weighted by atomic mass is 9.89. The maximum atomic E-state index is 9.46. The highest BCUT2D eigenvalue weighted by atomic mass is 79.9. The van der Waals surface area contributed by atoms with Crippen LogP contribution in [0, 0.1) is 17.2 Å². The summed E-state index contributed by atoms with van der Waals surface area (Å²) in [5, 5.41) is 10.1. The fraction of sp³-hybridized carbons (Fsp3) is 0.0556. The van der Waals surface area contributed by atoms with Crippen LogP contribution in [0.5, 0.6) is 0 Å². The molecule has 5 heteroatoms. The summed E-state index contributed by atoms with van der Waals surface area (Å²) in [6.45, 7) is 0. The highest BCUT2D eigenvalue weighted by molar-refractivity contribution is 9.10. The lowest BCUT2D eigenvalue weighted by molar-refractivity contribution is 1.16. The number of benzene rings is 2. The maximum absolute atomic E-state index is 9.46. The molecule has 1 atom stereocenters. The van der Waals surface area contributed by atoms with Crippen LogP contribution < -0.4 is 0 Å². The molecule has 0 saturated heterocycles. The number of thiocarbonyl (C=S) groups is 1. The first-order valence-corrected chi connectivity index (χ1v) is 8.42. The Morgan fingerprint density at radius 2 is 1.65 bits per heavy atom. The molecule has 2 aromatic carbocycles. The van der Waals surface area contributed by atoms with Crippen molar-refractivity contribution in [3.63, 3.8) is 0 Å². The van der Waals surface area contributed by atoms with E-state index < -0.39 is 5.92 Å². The van der Waals surface area contributed by atoms with Crippen molar-refractivity contribution in [2.24, 2.45) is 10.9 Å². The fourth-order valence-electron chi connectivity index (χ4n) is 2.36. The maximum Gasteiger partial charge on any atom is 0.125 e. The van der Waals surface area contributed by atoms with Crippen molar-refractivity contribution < 1.29 is 0 Å². The van der Waals surface area contributed by atoms with Gasteiger partial charge in [0.05, 0.1) is 11.8 Å². The van der Waals surface area contributed by atoms with Crippen LogP contribution in [0.2, 0.25) is 5.02 Å². The zero-order chi connectivity index (χ0) is 16.4. The number of hydrogen-bond donors (Lipinski definition) is 0. The third-order valence-electron chi connectivity index (χ3n) is 3.53. The molecule has 1 aliphatic rings. The molecule has 2 aromatic rings. The van der Waals surface area contributed by atoms with Crippen LogP contribution in [0.3, 0.4) is 0 Å². The summed E-state index contributed by atoms with van der Waals surface area (Å²) in [6.07, 6.45) is 1.93. The molecule has 112 valence electrons. The van der Waals surface area contributed by atoms with Crippen LogP contribution in [-0.2, 0) is 0 Å². The van der Waals surface area contributed by atoms with Crippen LogP contribution in [0.25, 0.3) is 5.57 Å². The Morgan fingerprint density at radius 3 is 2.26 bits per heavy atom. The van der Waals surface area contributed by atoms with Gasteiger partial charge in [0.15, 0.2) is 0 Å². The van der Waals surface area contributed by atoms with Crippen molar-refractivity contribution in [2.75, 3.05) is 0 Å². The van der Waals surface area contributed by atoms with E-state index in [2.05, 4.69) is 27.0 Å². The van der Waals surface area contributed by atoms with Gasteiger partial charge < -0.3 is 0 Å². The molecular formula is C18H10BrClN2S. The Bertz CT molecular complexity index is 861. The average Bonchev–Trinajstić information content (AvgIpc) is 2.55. The Labute approximate surface area is 153 Å². The molecule has 0 aromatic heterocycles. The fourth-order valence-corrected chi connectivity index (χ4v) is 3.03. The van der Waals surface area contributed by atoms with Crippen molar-refractivity contribution in [2.45, 2.75) is 0 Å². The van der Waals surface area contributed by atoms with E-state index in [1.165, 1.54) is 0 Å². The Balaban J connectivity index is 2.09. The molecule has 0 amide bonds. The minimum absolute atomic E-state index is 0.387. The standard InChI is InChI=1S/C18H10BrClN2S/c19-13-5-1-12(2-6-13)17-9-15(16(10-21)18(23)22-17)11-3-7-14(20)8-4-11/h1-9,16H/t16-/m0/s1. The molecule has 0 spiro atoms. The Hall–Kier alpha value is -1.80. The largest absolute Gasteiger partial charge is 0.239 e. The van der Waals surface area contributed by atoms with Gasteiger partial charge in [-0.3, -0.25) is 0 Å². The molecule has 0 saturated carbocycles. The first-order chi connectivity index (χ1) is 11.1. The first-order valence-electron chi connectivity index (χ1n) is 6.84. The van der Waals surface area contributed by atoms with E-state index in [4.69, 9.17) is 23.8 Å². The summed E-state index contributed by atoms with van der Waals surface area (Å²) in [4.78, 5) is 4.82. The zero-order valence-corrected chi connectivity index (χ0v) is 15.0. The van der Waals surface area contributed by atoms with E-state index >= 15 is 0 Å². The third kappa shape index (κ3) is 3.42. The summed E-state index contributed by atoms with van der Waals surface area (Å²) >= 11 is 14.7. The predicted molar refractivity (Wildman–Crippen MR) is 102 cm³/mol. The molecule has 0 N–H and O–H groups in total. The molecule has 1 aliphatic heterocycles. The molecule has 3 rings (SSSR count). The minimum atomic E-state index is -0.523. The molecule has 0 fully saturated rings. The van der Waals surface area contributed by atoms with Crippen LogP contribution in [-0.4, -0.2) is 10.7 Å². The van der Waals surface area contributed by atoms with E-state index in [-0.39, 0.29) is 0 Å². The van der Waals surface area contributed by atoms with Gasteiger partial charge in [0, 0.05) is 15.1 Å². The van der Waals surface area contributed by atoms with Gasteiger partial charge in [-0.2, -0.15) is 5.26 Å². The average molecular weight is 402 g/mol. The highest BCUT2D eigenvalue weighted by Gasteiger charge is 2.25. The SMILES string of the molecule is N#C[C@@H]1C(=S)N=C(c2ccc(Br)cc2)C=C1c1ccc(Cl)cc1. The van der Waals surface area contributed by atoms with E-state index in [0.717, 1.165) is 26.9 Å². The number of nitrogens with zero attached hydrogens (tertiary/aromatic N) is 2. The van der Waals surface area contributed by atoms with Crippen LogP contribution >= 0.6 is 39.7 Å².